The Bertz CT molecular complexity index is 4170. The molecule has 0 saturated heterocycles. The van der Waals surface area contributed by atoms with Crippen molar-refractivity contribution in [3.8, 4) is 11.4 Å². The van der Waals surface area contributed by atoms with Crippen LogP contribution in [0.5, 0.6) is 0 Å². The number of rotatable bonds is 4. The largest absolute Gasteiger partial charge is 0.307 e. The first kappa shape index (κ1) is 34.7. The van der Waals surface area contributed by atoms with Gasteiger partial charge in [-0.25, -0.2) is 0 Å². The van der Waals surface area contributed by atoms with Crippen LogP contribution in [0.2, 0.25) is 0 Å². The third-order valence-corrected chi connectivity index (χ3v) is 14.9. The van der Waals surface area contributed by atoms with Gasteiger partial charge in [0.2, 0.25) is 0 Å². The van der Waals surface area contributed by atoms with Crippen molar-refractivity contribution in [2.45, 2.75) is 39.5 Å². The molecular weight excluding hydrogens is 777 g/mol. The van der Waals surface area contributed by atoms with Gasteiger partial charge in [-0.1, -0.05) is 161 Å². The first-order chi connectivity index (χ1) is 31.5. The fourth-order valence-electron chi connectivity index (χ4n) is 12.6. The van der Waals surface area contributed by atoms with Crippen LogP contribution in [0.3, 0.4) is 0 Å². The number of fused-ring (bicyclic) bond motifs is 20. The van der Waals surface area contributed by atoms with Crippen LogP contribution >= 0.6 is 0 Å². The van der Waals surface area contributed by atoms with Crippen LogP contribution in [0.1, 0.15) is 50.7 Å². The second-order valence-electron chi connectivity index (χ2n) is 18.8. The molecule has 0 atom stereocenters. The summed E-state index contributed by atoms with van der Waals surface area (Å²) in [5, 5.41) is 15.8. The molecule has 302 valence electrons. The topological polar surface area (TPSA) is 18.7 Å². The van der Waals surface area contributed by atoms with Crippen molar-refractivity contribution >= 4 is 120 Å². The van der Waals surface area contributed by atoms with Crippen molar-refractivity contribution in [3.63, 3.8) is 0 Å². The molecule has 0 N–H and O–H groups in total. The summed E-state index contributed by atoms with van der Waals surface area (Å²) in [4.78, 5) is 0. The summed E-state index contributed by atoms with van der Waals surface area (Å²) >= 11 is 0. The standard InChI is InChI=1S/C60H42N4/c1-33(2)49-51-45-25-15-23-39-44-32-30-42-38-22-12-14-28-48(38)62(36-19-9-6-10-20-36)56(42)58(44)64(53(39)45)60(51)50(34(3)4)52-46-26-16-24-40-43-31-29-41-37-21-11-13-27-47(37)61(35-17-7-5-8-18-35)55(41)57(43)63(54(40)46)59(49)52/h5-34H,1-4H3. The lowest BCUT2D eigenvalue weighted by Gasteiger charge is -2.19. The van der Waals surface area contributed by atoms with Crippen molar-refractivity contribution in [2.24, 2.45) is 0 Å². The maximum Gasteiger partial charge on any atom is 0.0789 e. The van der Waals surface area contributed by atoms with Gasteiger partial charge in [0, 0.05) is 76.0 Å². The summed E-state index contributed by atoms with van der Waals surface area (Å²) in [5.41, 5.74) is 18.1. The highest BCUT2D eigenvalue weighted by Crippen LogP contribution is 2.54. The average molecular weight is 819 g/mol. The lowest BCUT2D eigenvalue weighted by molar-refractivity contribution is 0.869. The van der Waals surface area contributed by atoms with E-state index in [2.05, 4.69) is 215 Å². The van der Waals surface area contributed by atoms with Crippen LogP contribution in [-0.4, -0.2) is 17.9 Å². The van der Waals surface area contributed by atoms with Gasteiger partial charge >= 0.3 is 0 Å². The second-order valence-corrected chi connectivity index (χ2v) is 18.8. The first-order valence-corrected chi connectivity index (χ1v) is 22.9. The summed E-state index contributed by atoms with van der Waals surface area (Å²) in [6.07, 6.45) is 0. The molecule has 0 radical (unpaired) electrons. The summed E-state index contributed by atoms with van der Waals surface area (Å²) < 4.78 is 10.5. The van der Waals surface area contributed by atoms with Crippen molar-refractivity contribution < 1.29 is 0 Å². The normalized spacial score (nSPS) is 13.0. The van der Waals surface area contributed by atoms with E-state index in [9.17, 15) is 0 Å². The lowest BCUT2D eigenvalue weighted by Crippen LogP contribution is -2.02. The second kappa shape index (κ2) is 12.0. The van der Waals surface area contributed by atoms with Gasteiger partial charge < -0.3 is 17.9 Å². The van der Waals surface area contributed by atoms with Crippen LogP contribution < -0.4 is 0 Å². The van der Waals surface area contributed by atoms with E-state index in [0.29, 0.717) is 0 Å². The molecule has 0 saturated carbocycles. The SMILES string of the molecule is CC(C)c1c2c3cccc4c5ccc6c7ccccc7n(-c7ccccc7)c6c5n(c2c(C(C)C)c2c5cccc6c7ccc8c9ccccc9n(-c9ccccc9)c8c7n(c12)c65)c43. The Morgan fingerprint density at radius 1 is 0.266 bits per heavy atom. The molecule has 0 aliphatic carbocycles. The highest BCUT2D eigenvalue weighted by Gasteiger charge is 2.33. The van der Waals surface area contributed by atoms with Crippen LogP contribution in [0.4, 0.5) is 0 Å². The van der Waals surface area contributed by atoms with Gasteiger partial charge in [-0.2, -0.15) is 0 Å². The van der Waals surface area contributed by atoms with Gasteiger partial charge in [-0.05, 0) is 59.4 Å². The van der Waals surface area contributed by atoms with E-state index < -0.39 is 0 Å². The summed E-state index contributed by atoms with van der Waals surface area (Å²) in [6.45, 7) is 9.69. The molecule has 0 unspecified atom stereocenters. The summed E-state index contributed by atoms with van der Waals surface area (Å²) in [6, 6.07) is 63.5. The van der Waals surface area contributed by atoms with E-state index >= 15 is 0 Å². The van der Waals surface area contributed by atoms with E-state index in [1.165, 1.54) is 142 Å². The minimum Gasteiger partial charge on any atom is -0.307 e. The molecule has 9 aromatic carbocycles. The van der Waals surface area contributed by atoms with E-state index in [1.54, 1.807) is 0 Å². The average Bonchev–Trinajstić information content (AvgIpc) is 4.16. The Kier molecular flexibility index (Phi) is 6.51. The number of nitrogens with zero attached hydrogens (tertiary/aromatic N) is 4. The van der Waals surface area contributed by atoms with Gasteiger partial charge in [0.25, 0.3) is 0 Å². The van der Waals surface area contributed by atoms with Gasteiger partial charge in [-0.15, -0.1) is 0 Å². The maximum absolute atomic E-state index is 2.72. The van der Waals surface area contributed by atoms with Crippen molar-refractivity contribution in [3.05, 3.63) is 181 Å². The van der Waals surface area contributed by atoms with E-state index in [-0.39, 0.29) is 11.8 Å². The summed E-state index contributed by atoms with van der Waals surface area (Å²) in [5.74, 6) is 0.457. The zero-order valence-electron chi connectivity index (χ0n) is 36.1. The molecule has 0 bridgehead atoms. The number of hydrogen-bond acceptors (Lipinski definition) is 0. The van der Waals surface area contributed by atoms with Gasteiger partial charge in [0.15, 0.2) is 0 Å². The summed E-state index contributed by atoms with van der Waals surface area (Å²) in [7, 11) is 0. The van der Waals surface area contributed by atoms with Crippen molar-refractivity contribution in [2.75, 3.05) is 0 Å². The van der Waals surface area contributed by atoms with E-state index in [4.69, 9.17) is 0 Å². The fourth-order valence-corrected chi connectivity index (χ4v) is 12.6. The molecule has 64 heavy (non-hydrogen) atoms. The van der Waals surface area contributed by atoms with Crippen LogP contribution in [0.25, 0.3) is 131 Å². The minimum atomic E-state index is 0.228. The number of benzene rings is 9. The zero-order chi connectivity index (χ0) is 42.3. The zero-order valence-corrected chi connectivity index (χ0v) is 36.1. The quantitative estimate of drug-likeness (QED) is 0.168. The van der Waals surface area contributed by atoms with Crippen molar-refractivity contribution in [1.82, 2.24) is 17.9 Å². The Hall–Kier alpha value is -7.82. The third kappa shape index (κ3) is 3.98. The monoisotopic (exact) mass is 818 g/mol. The molecule has 0 fully saturated rings. The number of para-hydroxylation sites is 6. The van der Waals surface area contributed by atoms with Gasteiger partial charge in [-0.3, -0.25) is 0 Å². The van der Waals surface area contributed by atoms with E-state index in [1.807, 2.05) is 0 Å². The molecule has 0 aliphatic rings. The molecule has 15 rings (SSSR count). The fraction of sp³-hybridized carbons (Fsp3) is 0.100. The third-order valence-electron chi connectivity index (χ3n) is 14.9. The number of aromatic nitrogens is 4. The van der Waals surface area contributed by atoms with Crippen LogP contribution in [-0.2, 0) is 0 Å². The lowest BCUT2D eigenvalue weighted by atomic mass is 9.87. The van der Waals surface area contributed by atoms with E-state index in [0.717, 1.165) is 0 Å². The molecule has 0 aliphatic heterocycles. The predicted molar refractivity (Wildman–Crippen MR) is 273 cm³/mol. The Labute approximate surface area is 368 Å². The Balaban J connectivity index is 1.25. The highest BCUT2D eigenvalue weighted by atomic mass is 15.0. The van der Waals surface area contributed by atoms with Crippen molar-refractivity contribution in [1.29, 1.82) is 0 Å². The van der Waals surface area contributed by atoms with Gasteiger partial charge in [0.1, 0.15) is 0 Å². The highest BCUT2D eigenvalue weighted by molar-refractivity contribution is 6.35. The molecule has 6 heterocycles. The molecule has 6 aromatic heterocycles. The molecule has 0 amide bonds. The van der Waals surface area contributed by atoms with Crippen LogP contribution in [0.15, 0.2) is 170 Å². The first-order valence-electron chi connectivity index (χ1n) is 22.9. The smallest absolute Gasteiger partial charge is 0.0789 e. The molecular formula is C60H42N4. The molecule has 0 spiro atoms. The molecule has 15 aromatic rings. The predicted octanol–water partition coefficient (Wildman–Crippen LogP) is 16.4. The maximum atomic E-state index is 2.72. The molecule has 4 nitrogen and oxygen atoms in total. The van der Waals surface area contributed by atoms with Crippen LogP contribution in [0, 0.1) is 0 Å². The molecule has 4 heteroatoms. The number of hydrogen-bond donors (Lipinski definition) is 0. The Morgan fingerprint density at radius 3 is 1.00 bits per heavy atom. The minimum absolute atomic E-state index is 0.228. The van der Waals surface area contributed by atoms with Gasteiger partial charge in [0.05, 0.1) is 55.2 Å². The Morgan fingerprint density at radius 2 is 0.594 bits per heavy atom.